The van der Waals surface area contributed by atoms with Gasteiger partial charge in [0.1, 0.15) is 23.2 Å². The Morgan fingerprint density at radius 3 is 1.74 bits per heavy atom. The van der Waals surface area contributed by atoms with Crippen LogP contribution in [0.2, 0.25) is 0 Å². The van der Waals surface area contributed by atoms with Gasteiger partial charge in [-0.05, 0) is 60.7 Å². The van der Waals surface area contributed by atoms with Crippen LogP contribution < -0.4 is 0 Å². The van der Waals surface area contributed by atoms with Gasteiger partial charge in [-0.3, -0.25) is 4.99 Å². The Bertz CT molecular complexity index is 1180. The number of hydrogen-bond donors (Lipinski definition) is 0. The van der Waals surface area contributed by atoms with Gasteiger partial charge >= 0.3 is 0 Å². The zero-order valence-corrected chi connectivity index (χ0v) is 14.0. The summed E-state index contributed by atoms with van der Waals surface area (Å²) in [6, 6.07) is 15.8. The van der Waals surface area contributed by atoms with Crippen molar-refractivity contribution in [3.8, 4) is 22.5 Å². The van der Waals surface area contributed by atoms with Gasteiger partial charge in [-0.2, -0.15) is 0 Å². The van der Waals surface area contributed by atoms with Gasteiger partial charge in [0.25, 0.3) is 0 Å². The average Bonchev–Trinajstić information content (AvgIpc) is 3.53. The van der Waals surface area contributed by atoms with E-state index in [1.165, 1.54) is 24.3 Å². The zero-order chi connectivity index (χ0) is 18.4. The van der Waals surface area contributed by atoms with Crippen LogP contribution in [0.15, 0.2) is 65.7 Å². The van der Waals surface area contributed by atoms with E-state index in [0.29, 0.717) is 28.1 Å². The number of aliphatic imine (C=N–C) groups is 1. The lowest BCUT2D eigenvalue weighted by Gasteiger charge is -2.11. The molecule has 3 heterocycles. The van der Waals surface area contributed by atoms with Crippen molar-refractivity contribution in [3.63, 3.8) is 0 Å². The highest BCUT2D eigenvalue weighted by atomic mass is 19.1. The molecule has 0 N–H and O–H groups in total. The summed E-state index contributed by atoms with van der Waals surface area (Å²) in [5, 5.41) is 0. The Labute approximate surface area is 153 Å². The van der Waals surface area contributed by atoms with E-state index in [1.807, 2.05) is 18.3 Å². The van der Waals surface area contributed by atoms with Crippen LogP contribution in [0, 0.1) is 11.6 Å². The van der Waals surface area contributed by atoms with Gasteiger partial charge in [0.15, 0.2) is 5.65 Å². The molecule has 1 aliphatic heterocycles. The molecule has 0 saturated heterocycles. The van der Waals surface area contributed by atoms with Crippen LogP contribution in [0.5, 0.6) is 0 Å². The van der Waals surface area contributed by atoms with Crippen molar-refractivity contribution < 1.29 is 8.78 Å². The first-order chi connectivity index (χ1) is 13.2. The van der Waals surface area contributed by atoms with Crippen molar-refractivity contribution in [3.05, 3.63) is 78.0 Å². The number of fused-ring (bicyclic) bond motifs is 1. The van der Waals surface area contributed by atoms with Crippen LogP contribution in [0.4, 0.5) is 8.78 Å². The summed E-state index contributed by atoms with van der Waals surface area (Å²) in [5.74, 6) is -0.659. The SMILES string of the molecule is Fc1ccc(-c2nc3ccc(C4C=N4)nc3nc2-c2ccc(F)cc2)cc1. The lowest BCUT2D eigenvalue weighted by atomic mass is 10.0. The molecule has 130 valence electrons. The number of aromatic nitrogens is 3. The highest BCUT2D eigenvalue weighted by molar-refractivity contribution is 5.85. The monoisotopic (exact) mass is 358 g/mol. The van der Waals surface area contributed by atoms with Gasteiger partial charge in [-0.25, -0.2) is 23.7 Å². The Balaban J connectivity index is 1.74. The summed E-state index contributed by atoms with van der Waals surface area (Å²) >= 11 is 0. The second kappa shape index (κ2) is 6.02. The van der Waals surface area contributed by atoms with Crippen molar-refractivity contribution in [1.82, 2.24) is 15.0 Å². The maximum atomic E-state index is 13.4. The zero-order valence-electron chi connectivity index (χ0n) is 14.0. The molecular weight excluding hydrogens is 346 g/mol. The third-order valence-electron chi connectivity index (χ3n) is 4.39. The van der Waals surface area contributed by atoms with Gasteiger partial charge in [0.05, 0.1) is 17.1 Å². The summed E-state index contributed by atoms with van der Waals surface area (Å²) in [7, 11) is 0. The standard InChI is InChI=1S/C21H12F2N4/c22-14-5-1-12(2-6-14)19-20(13-3-7-15(23)8-4-13)27-21-17(25-19)10-9-16(26-21)18-11-24-18/h1-11,18H. The molecule has 0 spiro atoms. The molecule has 0 fully saturated rings. The molecule has 4 nitrogen and oxygen atoms in total. The van der Waals surface area contributed by atoms with E-state index in [1.54, 1.807) is 24.3 Å². The lowest BCUT2D eigenvalue weighted by Crippen LogP contribution is -1.99. The van der Waals surface area contributed by atoms with E-state index in [-0.39, 0.29) is 17.7 Å². The first-order valence-corrected chi connectivity index (χ1v) is 8.41. The largest absolute Gasteiger partial charge is 0.279 e. The summed E-state index contributed by atoms with van der Waals surface area (Å²) in [6.45, 7) is 0. The maximum absolute atomic E-state index is 13.4. The van der Waals surface area contributed by atoms with E-state index in [9.17, 15) is 8.78 Å². The topological polar surface area (TPSA) is 51.0 Å². The highest BCUT2D eigenvalue weighted by Crippen LogP contribution is 2.32. The molecule has 2 aromatic heterocycles. The molecule has 1 unspecified atom stereocenters. The minimum absolute atomic E-state index is 0.0160. The molecule has 5 rings (SSSR count). The van der Waals surface area contributed by atoms with Crippen LogP contribution in [-0.2, 0) is 0 Å². The number of rotatable bonds is 3. The molecular formula is C21H12F2N4. The van der Waals surface area contributed by atoms with Gasteiger partial charge in [-0.1, -0.05) is 0 Å². The summed E-state index contributed by atoms with van der Waals surface area (Å²) in [5.41, 5.74) is 4.52. The Morgan fingerprint density at radius 2 is 1.19 bits per heavy atom. The van der Waals surface area contributed by atoms with Gasteiger partial charge in [-0.15, -0.1) is 0 Å². The highest BCUT2D eigenvalue weighted by Gasteiger charge is 2.20. The van der Waals surface area contributed by atoms with Gasteiger partial charge < -0.3 is 0 Å². The van der Waals surface area contributed by atoms with Crippen LogP contribution in [0.3, 0.4) is 0 Å². The first-order valence-electron chi connectivity index (χ1n) is 8.41. The third kappa shape index (κ3) is 2.95. The van der Waals surface area contributed by atoms with E-state index in [0.717, 1.165) is 11.3 Å². The first kappa shape index (κ1) is 15.7. The fraction of sp³-hybridized carbons (Fsp3) is 0.0476. The van der Waals surface area contributed by atoms with E-state index in [4.69, 9.17) is 9.97 Å². The molecule has 4 aromatic rings. The molecule has 27 heavy (non-hydrogen) atoms. The quantitative estimate of drug-likeness (QED) is 0.530. The second-order valence-corrected chi connectivity index (χ2v) is 6.26. The minimum atomic E-state index is -0.331. The van der Waals surface area contributed by atoms with E-state index < -0.39 is 0 Å². The molecule has 0 amide bonds. The number of benzene rings is 2. The molecule has 1 atom stereocenters. The number of nitrogens with zero attached hydrogens (tertiary/aromatic N) is 4. The van der Waals surface area contributed by atoms with Crippen LogP contribution in [0.1, 0.15) is 11.7 Å². The molecule has 0 radical (unpaired) electrons. The van der Waals surface area contributed by atoms with E-state index in [2.05, 4.69) is 9.98 Å². The smallest absolute Gasteiger partial charge is 0.179 e. The minimum Gasteiger partial charge on any atom is -0.279 e. The predicted octanol–water partition coefficient (Wildman–Crippen LogP) is 4.76. The Morgan fingerprint density at radius 1 is 0.630 bits per heavy atom. The molecule has 0 aliphatic carbocycles. The molecule has 1 aliphatic rings. The van der Waals surface area contributed by atoms with Crippen LogP contribution in [-0.4, -0.2) is 21.2 Å². The number of halogens is 2. The predicted molar refractivity (Wildman–Crippen MR) is 99.4 cm³/mol. The fourth-order valence-electron chi connectivity index (χ4n) is 2.94. The Hall–Kier alpha value is -3.54. The molecule has 0 saturated carbocycles. The summed E-state index contributed by atoms with van der Waals surface area (Å²) in [4.78, 5) is 18.1. The third-order valence-corrected chi connectivity index (χ3v) is 4.39. The van der Waals surface area contributed by atoms with E-state index >= 15 is 0 Å². The Kier molecular flexibility index (Phi) is 3.50. The van der Waals surface area contributed by atoms with Crippen LogP contribution >= 0.6 is 0 Å². The summed E-state index contributed by atoms with van der Waals surface area (Å²) < 4.78 is 26.7. The summed E-state index contributed by atoms with van der Waals surface area (Å²) in [6.07, 6.45) is 1.81. The van der Waals surface area contributed by atoms with Crippen molar-refractivity contribution in [2.75, 3.05) is 0 Å². The van der Waals surface area contributed by atoms with Gasteiger partial charge in [0.2, 0.25) is 0 Å². The van der Waals surface area contributed by atoms with Crippen molar-refractivity contribution in [1.29, 1.82) is 0 Å². The molecule has 2 aromatic carbocycles. The van der Waals surface area contributed by atoms with Gasteiger partial charge in [0, 0.05) is 17.3 Å². The normalized spacial score (nSPS) is 15.3. The molecule has 6 heteroatoms. The fourth-order valence-corrected chi connectivity index (χ4v) is 2.94. The second-order valence-electron chi connectivity index (χ2n) is 6.26. The molecule has 0 bridgehead atoms. The number of hydrogen-bond acceptors (Lipinski definition) is 4. The van der Waals surface area contributed by atoms with Crippen LogP contribution in [0.25, 0.3) is 33.7 Å². The lowest BCUT2D eigenvalue weighted by molar-refractivity contribution is 0.627. The maximum Gasteiger partial charge on any atom is 0.179 e. The average molecular weight is 358 g/mol. The number of pyridine rings is 1. The van der Waals surface area contributed by atoms with Crippen molar-refractivity contribution >= 4 is 17.4 Å². The van der Waals surface area contributed by atoms with Crippen molar-refractivity contribution in [2.45, 2.75) is 6.04 Å². The van der Waals surface area contributed by atoms with Crippen molar-refractivity contribution in [2.24, 2.45) is 4.99 Å².